The van der Waals surface area contributed by atoms with Crippen LogP contribution < -0.4 is 0 Å². The van der Waals surface area contributed by atoms with E-state index < -0.39 is 0 Å². The van der Waals surface area contributed by atoms with E-state index in [9.17, 15) is 4.39 Å². The van der Waals surface area contributed by atoms with Gasteiger partial charge < -0.3 is 4.98 Å². The molecule has 0 aliphatic carbocycles. The van der Waals surface area contributed by atoms with E-state index in [4.69, 9.17) is 0 Å². The third-order valence-electron chi connectivity index (χ3n) is 3.60. The van der Waals surface area contributed by atoms with Gasteiger partial charge in [0.05, 0.1) is 16.6 Å². The van der Waals surface area contributed by atoms with E-state index in [1.807, 2.05) is 37.5 Å². The van der Waals surface area contributed by atoms with Crippen LogP contribution in [0.25, 0.3) is 33.7 Å². The molecule has 2 aromatic heterocycles. The quantitative estimate of drug-likeness (QED) is 0.611. The fraction of sp³-hybridized carbons (Fsp3) is 0.0588. The molecule has 0 unspecified atom stereocenters. The van der Waals surface area contributed by atoms with Crippen molar-refractivity contribution in [3.8, 4) is 22.6 Å². The van der Waals surface area contributed by atoms with Gasteiger partial charge in [-0.25, -0.2) is 9.37 Å². The zero-order chi connectivity index (χ0) is 15.1. The number of H-pyrrole nitrogens is 1. The van der Waals surface area contributed by atoms with Crippen molar-refractivity contribution in [3.63, 3.8) is 0 Å². The number of halogens is 1. The lowest BCUT2D eigenvalue weighted by Crippen LogP contribution is -1.90. The highest BCUT2D eigenvalue weighted by atomic mass is 19.1. The molecule has 0 saturated carbocycles. The minimum atomic E-state index is -0.293. The summed E-state index contributed by atoms with van der Waals surface area (Å²) in [4.78, 5) is 7.85. The van der Waals surface area contributed by atoms with Crippen molar-refractivity contribution in [3.05, 3.63) is 60.5 Å². The predicted octanol–water partition coefficient (Wildman–Crippen LogP) is 3.77. The van der Waals surface area contributed by atoms with Gasteiger partial charge in [-0.2, -0.15) is 5.10 Å². The number of aromatic nitrogens is 4. The number of hydrogen-bond donors (Lipinski definition) is 1. The molecule has 0 aliphatic heterocycles. The van der Waals surface area contributed by atoms with Crippen LogP contribution in [-0.4, -0.2) is 19.7 Å². The van der Waals surface area contributed by atoms with Gasteiger partial charge in [0.2, 0.25) is 0 Å². The Morgan fingerprint density at radius 2 is 1.77 bits per heavy atom. The van der Waals surface area contributed by atoms with Gasteiger partial charge in [-0.05, 0) is 24.3 Å². The molecular weight excluding hydrogens is 279 g/mol. The molecule has 2 heterocycles. The van der Waals surface area contributed by atoms with Crippen LogP contribution in [0.1, 0.15) is 0 Å². The largest absolute Gasteiger partial charge is 0.338 e. The van der Waals surface area contributed by atoms with Crippen molar-refractivity contribution in [1.29, 1.82) is 0 Å². The molecule has 0 saturated heterocycles. The molecule has 0 bridgehead atoms. The lowest BCUT2D eigenvalue weighted by molar-refractivity contribution is 0.630. The molecule has 0 amide bonds. The van der Waals surface area contributed by atoms with E-state index in [1.54, 1.807) is 22.9 Å². The molecule has 4 rings (SSSR count). The highest BCUT2D eigenvalue weighted by Crippen LogP contribution is 2.31. The minimum Gasteiger partial charge on any atom is -0.338 e. The van der Waals surface area contributed by atoms with E-state index in [1.165, 1.54) is 6.07 Å². The molecule has 0 spiro atoms. The van der Waals surface area contributed by atoms with Crippen molar-refractivity contribution in [1.82, 2.24) is 19.7 Å². The van der Waals surface area contributed by atoms with Gasteiger partial charge >= 0.3 is 0 Å². The molecule has 2 aromatic carbocycles. The van der Waals surface area contributed by atoms with Crippen LogP contribution in [0.5, 0.6) is 0 Å². The van der Waals surface area contributed by atoms with E-state index >= 15 is 0 Å². The molecule has 22 heavy (non-hydrogen) atoms. The van der Waals surface area contributed by atoms with Crippen molar-refractivity contribution in [2.24, 2.45) is 7.05 Å². The number of nitrogens with one attached hydrogen (secondary N) is 1. The zero-order valence-corrected chi connectivity index (χ0v) is 11.9. The highest BCUT2D eigenvalue weighted by Gasteiger charge is 2.17. The Morgan fingerprint density at radius 1 is 1.00 bits per heavy atom. The van der Waals surface area contributed by atoms with Crippen LogP contribution in [0.2, 0.25) is 0 Å². The Labute approximate surface area is 126 Å². The lowest BCUT2D eigenvalue weighted by Gasteiger charge is -2.01. The molecular formula is C17H13FN4. The Balaban J connectivity index is 1.94. The van der Waals surface area contributed by atoms with Crippen molar-refractivity contribution in [2.45, 2.75) is 0 Å². The first-order valence-electron chi connectivity index (χ1n) is 6.96. The number of aryl methyl sites for hydroxylation is 1. The summed E-state index contributed by atoms with van der Waals surface area (Å²) in [5, 5.41) is 4.40. The van der Waals surface area contributed by atoms with E-state index in [-0.39, 0.29) is 5.82 Å². The topological polar surface area (TPSA) is 46.5 Å². The summed E-state index contributed by atoms with van der Waals surface area (Å²) in [5.41, 5.74) is 3.66. The Morgan fingerprint density at radius 3 is 2.59 bits per heavy atom. The van der Waals surface area contributed by atoms with Crippen molar-refractivity contribution in [2.75, 3.05) is 0 Å². The number of para-hydroxylation sites is 2. The summed E-state index contributed by atoms with van der Waals surface area (Å²) in [7, 11) is 1.82. The molecule has 108 valence electrons. The predicted molar refractivity (Wildman–Crippen MR) is 83.7 cm³/mol. The van der Waals surface area contributed by atoms with Crippen LogP contribution in [0, 0.1) is 5.82 Å². The first-order valence-corrected chi connectivity index (χ1v) is 6.96. The molecule has 5 heteroatoms. The van der Waals surface area contributed by atoms with E-state index in [2.05, 4.69) is 15.1 Å². The maximum absolute atomic E-state index is 14.1. The second-order valence-corrected chi connectivity index (χ2v) is 5.15. The average molecular weight is 292 g/mol. The molecule has 0 aliphatic rings. The first kappa shape index (κ1) is 12.8. The van der Waals surface area contributed by atoms with Gasteiger partial charge in [-0.3, -0.25) is 4.68 Å². The van der Waals surface area contributed by atoms with Gasteiger partial charge in [0.1, 0.15) is 17.3 Å². The molecule has 0 radical (unpaired) electrons. The lowest BCUT2D eigenvalue weighted by atomic mass is 10.1. The monoisotopic (exact) mass is 292 g/mol. The zero-order valence-electron chi connectivity index (χ0n) is 11.9. The van der Waals surface area contributed by atoms with Gasteiger partial charge in [0.25, 0.3) is 0 Å². The standard InChI is InChI=1S/C17H13FN4/c1-22-10-12(16(21-22)11-6-2-3-7-13(11)18)17-19-14-8-4-5-9-15(14)20-17/h2-10H,1H3,(H,19,20). The van der Waals surface area contributed by atoms with Gasteiger partial charge in [-0.1, -0.05) is 24.3 Å². The summed E-state index contributed by atoms with van der Waals surface area (Å²) in [6, 6.07) is 14.4. The smallest absolute Gasteiger partial charge is 0.142 e. The maximum Gasteiger partial charge on any atom is 0.142 e. The average Bonchev–Trinajstić information content (AvgIpc) is 3.10. The van der Waals surface area contributed by atoms with Crippen LogP contribution in [-0.2, 0) is 7.05 Å². The molecule has 4 nitrogen and oxygen atoms in total. The Hall–Kier alpha value is -2.95. The molecule has 0 fully saturated rings. The molecule has 0 atom stereocenters. The van der Waals surface area contributed by atoms with E-state index in [0.29, 0.717) is 17.1 Å². The summed E-state index contributed by atoms with van der Waals surface area (Å²) < 4.78 is 15.8. The number of fused-ring (bicyclic) bond motifs is 1. The third kappa shape index (κ3) is 1.98. The maximum atomic E-state index is 14.1. The SMILES string of the molecule is Cn1cc(-c2nc3ccccc3[nH]2)c(-c2ccccc2F)n1. The van der Waals surface area contributed by atoms with Crippen LogP contribution in [0.4, 0.5) is 4.39 Å². The van der Waals surface area contributed by atoms with Crippen LogP contribution in [0.3, 0.4) is 0 Å². The fourth-order valence-electron chi connectivity index (χ4n) is 2.59. The van der Waals surface area contributed by atoms with Crippen molar-refractivity contribution < 1.29 is 4.39 Å². The highest BCUT2D eigenvalue weighted by molar-refractivity contribution is 5.84. The fourth-order valence-corrected chi connectivity index (χ4v) is 2.59. The van der Waals surface area contributed by atoms with Crippen LogP contribution >= 0.6 is 0 Å². The molecule has 1 N–H and O–H groups in total. The number of imidazole rings is 1. The Bertz CT molecular complexity index is 935. The third-order valence-corrected chi connectivity index (χ3v) is 3.60. The normalized spacial score (nSPS) is 11.2. The van der Waals surface area contributed by atoms with Crippen LogP contribution in [0.15, 0.2) is 54.7 Å². The van der Waals surface area contributed by atoms with Gasteiger partial charge in [-0.15, -0.1) is 0 Å². The second-order valence-electron chi connectivity index (χ2n) is 5.15. The van der Waals surface area contributed by atoms with E-state index in [0.717, 1.165) is 16.6 Å². The summed E-state index contributed by atoms with van der Waals surface area (Å²) >= 11 is 0. The summed E-state index contributed by atoms with van der Waals surface area (Å²) in [5.74, 6) is 0.395. The van der Waals surface area contributed by atoms with Gasteiger partial charge in [0, 0.05) is 18.8 Å². The number of aromatic amines is 1. The number of hydrogen-bond acceptors (Lipinski definition) is 2. The summed E-state index contributed by atoms with van der Waals surface area (Å²) in [6.45, 7) is 0. The molecule has 4 aromatic rings. The number of rotatable bonds is 2. The van der Waals surface area contributed by atoms with Crippen molar-refractivity contribution >= 4 is 11.0 Å². The first-order chi connectivity index (χ1) is 10.7. The minimum absolute atomic E-state index is 0.293. The Kier molecular flexibility index (Phi) is 2.79. The summed E-state index contributed by atoms with van der Waals surface area (Å²) in [6.07, 6.45) is 1.85. The second kappa shape index (κ2) is 4.80. The number of nitrogens with zero attached hydrogens (tertiary/aromatic N) is 3. The number of benzene rings is 2. The van der Waals surface area contributed by atoms with Gasteiger partial charge in [0.15, 0.2) is 0 Å².